The number of quaternary nitrogens is 1. The highest BCUT2D eigenvalue weighted by atomic mass is 16.2. The van der Waals surface area contributed by atoms with Gasteiger partial charge in [0.05, 0.1) is 39.0 Å². The number of nitrogens with one attached hydrogen (secondary N) is 1. The molecular formula is C17H23N2O2+. The zero-order valence-electron chi connectivity index (χ0n) is 13.2. The van der Waals surface area contributed by atoms with E-state index < -0.39 is 0 Å². The van der Waals surface area contributed by atoms with Gasteiger partial charge in [-0.3, -0.25) is 9.59 Å². The molecule has 1 aromatic carbocycles. The molecule has 0 bridgehead atoms. The minimum Gasteiger partial charge on any atom is -0.330 e. The van der Waals surface area contributed by atoms with Crippen molar-refractivity contribution in [2.75, 3.05) is 33.0 Å². The Morgan fingerprint density at radius 3 is 2.57 bits per heavy atom. The largest absolute Gasteiger partial charge is 0.330 e. The molecule has 3 rings (SSSR count). The fourth-order valence-electron chi connectivity index (χ4n) is 3.38. The molecule has 1 heterocycles. The topological polar surface area (TPSA) is 46.2 Å². The van der Waals surface area contributed by atoms with Gasteiger partial charge in [-0.25, -0.2) is 0 Å². The smallest absolute Gasteiger partial charge is 0.235 e. The molecule has 1 aromatic rings. The van der Waals surface area contributed by atoms with Crippen LogP contribution in [0.5, 0.6) is 0 Å². The first-order valence-electron chi connectivity index (χ1n) is 7.54. The second kappa shape index (κ2) is 4.41. The molecule has 112 valence electrons. The first kappa shape index (κ1) is 14.3. The second-order valence-corrected chi connectivity index (χ2v) is 7.53. The van der Waals surface area contributed by atoms with E-state index in [2.05, 4.69) is 26.5 Å². The number of nitrogens with zero attached hydrogens (tertiary/aromatic N) is 1. The number of anilines is 1. The molecule has 1 saturated carbocycles. The number of carbonyl (C=O) groups is 2. The van der Waals surface area contributed by atoms with E-state index in [0.717, 1.165) is 40.7 Å². The number of fused-ring (bicyclic) bond motifs is 2. The van der Waals surface area contributed by atoms with Crippen LogP contribution in [0.1, 0.15) is 35.7 Å². The van der Waals surface area contributed by atoms with Gasteiger partial charge in [0.2, 0.25) is 5.91 Å². The average molecular weight is 287 g/mol. The van der Waals surface area contributed by atoms with E-state index in [9.17, 15) is 9.59 Å². The summed E-state index contributed by atoms with van der Waals surface area (Å²) >= 11 is 0. The molecule has 21 heavy (non-hydrogen) atoms. The molecule has 1 atom stereocenters. The van der Waals surface area contributed by atoms with Crippen LogP contribution in [0.3, 0.4) is 0 Å². The van der Waals surface area contributed by atoms with Gasteiger partial charge in [0, 0.05) is 11.3 Å². The first-order chi connectivity index (χ1) is 9.73. The van der Waals surface area contributed by atoms with Crippen LogP contribution >= 0.6 is 0 Å². The van der Waals surface area contributed by atoms with Crippen molar-refractivity contribution in [3.05, 3.63) is 29.3 Å². The lowest BCUT2D eigenvalue weighted by atomic mass is 9.92. The predicted molar refractivity (Wildman–Crippen MR) is 82.4 cm³/mol. The molecular weight excluding hydrogens is 264 g/mol. The van der Waals surface area contributed by atoms with Crippen LogP contribution in [-0.2, 0) is 10.2 Å². The number of Topliss-reactive ketones (excluding diaryl/α,β-unsaturated/α-hetero) is 1. The molecule has 1 spiro atoms. The van der Waals surface area contributed by atoms with Gasteiger partial charge in [-0.1, -0.05) is 0 Å². The highest BCUT2D eigenvalue weighted by Crippen LogP contribution is 2.55. The zero-order chi connectivity index (χ0) is 15.4. The molecule has 1 amide bonds. The van der Waals surface area contributed by atoms with Gasteiger partial charge >= 0.3 is 0 Å². The number of rotatable bonds is 4. The molecule has 0 radical (unpaired) electrons. The Morgan fingerprint density at radius 2 is 2.00 bits per heavy atom. The lowest BCUT2D eigenvalue weighted by Gasteiger charge is -2.27. The lowest BCUT2D eigenvalue weighted by molar-refractivity contribution is -0.872. The molecule has 2 aliphatic rings. The van der Waals surface area contributed by atoms with Gasteiger partial charge in [0.15, 0.2) is 5.78 Å². The Kier molecular flexibility index (Phi) is 2.99. The molecule has 1 unspecified atom stereocenters. The third-order valence-electron chi connectivity index (χ3n) is 4.52. The highest BCUT2D eigenvalue weighted by Gasteiger charge is 2.56. The van der Waals surface area contributed by atoms with E-state index in [-0.39, 0.29) is 23.0 Å². The number of hydrogen-bond acceptors (Lipinski definition) is 2. The number of benzene rings is 1. The minimum atomic E-state index is -0.324. The van der Waals surface area contributed by atoms with Gasteiger partial charge in [-0.05, 0) is 43.5 Å². The maximum atomic E-state index is 12.6. The molecule has 0 aromatic heterocycles. The first-order valence-corrected chi connectivity index (χ1v) is 7.54. The SMILES string of the molecule is CC(C[N+](C)(C)C)C(=O)c1ccc2c(c1)C1(CC1)C(=O)N2. The van der Waals surface area contributed by atoms with E-state index in [0.29, 0.717) is 0 Å². The van der Waals surface area contributed by atoms with Crippen molar-refractivity contribution in [3.63, 3.8) is 0 Å². The van der Waals surface area contributed by atoms with Crippen LogP contribution in [0.4, 0.5) is 5.69 Å². The fourth-order valence-corrected chi connectivity index (χ4v) is 3.38. The summed E-state index contributed by atoms with van der Waals surface area (Å²) in [5.41, 5.74) is 2.32. The van der Waals surface area contributed by atoms with Crippen LogP contribution < -0.4 is 5.32 Å². The normalized spacial score (nSPS) is 20.1. The summed E-state index contributed by atoms with van der Waals surface area (Å²) in [4.78, 5) is 24.6. The van der Waals surface area contributed by atoms with E-state index in [4.69, 9.17) is 0 Å². The van der Waals surface area contributed by atoms with E-state index in [1.807, 2.05) is 25.1 Å². The standard InChI is InChI=1S/C17H22N2O2/c1-11(10-19(2,3)4)15(20)12-5-6-14-13(9-12)17(7-8-17)16(21)18-14/h5-6,9,11H,7-8,10H2,1-4H3/p+1. The van der Waals surface area contributed by atoms with Crippen LogP contribution in [0.25, 0.3) is 0 Å². The van der Waals surface area contributed by atoms with Crippen LogP contribution in [0, 0.1) is 5.92 Å². The third-order valence-corrected chi connectivity index (χ3v) is 4.52. The van der Waals surface area contributed by atoms with Gasteiger partial charge in [0.1, 0.15) is 0 Å². The molecule has 1 N–H and O–H groups in total. The number of ketones is 1. The van der Waals surface area contributed by atoms with Gasteiger partial charge in [-0.15, -0.1) is 0 Å². The van der Waals surface area contributed by atoms with E-state index >= 15 is 0 Å². The number of amides is 1. The maximum absolute atomic E-state index is 12.6. The zero-order valence-corrected chi connectivity index (χ0v) is 13.2. The van der Waals surface area contributed by atoms with Crippen LogP contribution in [0.2, 0.25) is 0 Å². The predicted octanol–water partition coefficient (Wildman–Crippen LogP) is 2.20. The third kappa shape index (κ3) is 2.38. The Labute approximate surface area is 125 Å². The van der Waals surface area contributed by atoms with Gasteiger partial charge in [0.25, 0.3) is 0 Å². The molecule has 1 fully saturated rings. The van der Waals surface area contributed by atoms with E-state index in [1.54, 1.807) is 0 Å². The summed E-state index contributed by atoms with van der Waals surface area (Å²) in [5, 5.41) is 2.93. The highest BCUT2D eigenvalue weighted by molar-refractivity contribution is 6.09. The average Bonchev–Trinajstić information content (AvgIpc) is 3.12. The minimum absolute atomic E-state index is 0.0248. The van der Waals surface area contributed by atoms with Crippen LogP contribution in [0.15, 0.2) is 18.2 Å². The second-order valence-electron chi connectivity index (χ2n) is 7.53. The van der Waals surface area contributed by atoms with Gasteiger partial charge in [-0.2, -0.15) is 0 Å². The fraction of sp³-hybridized carbons (Fsp3) is 0.529. The van der Waals surface area contributed by atoms with Crippen molar-refractivity contribution in [1.82, 2.24) is 0 Å². The van der Waals surface area contributed by atoms with Crippen molar-refractivity contribution in [2.24, 2.45) is 5.92 Å². The summed E-state index contributed by atoms with van der Waals surface area (Å²) in [7, 11) is 6.27. The summed E-state index contributed by atoms with van der Waals surface area (Å²) in [6.45, 7) is 2.79. The monoisotopic (exact) mass is 287 g/mol. The maximum Gasteiger partial charge on any atom is 0.235 e. The summed E-state index contributed by atoms with van der Waals surface area (Å²) in [6.07, 6.45) is 1.80. The van der Waals surface area contributed by atoms with Gasteiger partial charge < -0.3 is 9.80 Å². The number of hydrogen-bond donors (Lipinski definition) is 1. The summed E-state index contributed by atoms with van der Waals surface area (Å²) in [6, 6.07) is 5.66. The molecule has 1 aliphatic heterocycles. The van der Waals surface area contributed by atoms with Crippen LogP contribution in [-0.4, -0.2) is 43.9 Å². The van der Waals surface area contributed by atoms with Crippen molar-refractivity contribution < 1.29 is 14.1 Å². The summed E-state index contributed by atoms with van der Waals surface area (Å²) in [5.74, 6) is 0.241. The Balaban J connectivity index is 1.87. The number of carbonyl (C=O) groups excluding carboxylic acids is 2. The Hall–Kier alpha value is -1.68. The van der Waals surface area contributed by atoms with Crippen molar-refractivity contribution in [3.8, 4) is 0 Å². The molecule has 4 nitrogen and oxygen atoms in total. The lowest BCUT2D eigenvalue weighted by Crippen LogP contribution is -2.40. The molecule has 0 saturated heterocycles. The van der Waals surface area contributed by atoms with Crippen molar-refractivity contribution in [1.29, 1.82) is 0 Å². The summed E-state index contributed by atoms with van der Waals surface area (Å²) < 4.78 is 0.766. The molecule has 4 heteroatoms. The molecule has 1 aliphatic carbocycles. The Bertz CT molecular complexity index is 624. The van der Waals surface area contributed by atoms with E-state index in [1.165, 1.54) is 0 Å². The Morgan fingerprint density at radius 1 is 1.33 bits per heavy atom. The van der Waals surface area contributed by atoms with Crippen molar-refractivity contribution in [2.45, 2.75) is 25.2 Å². The van der Waals surface area contributed by atoms with Crippen molar-refractivity contribution >= 4 is 17.4 Å². The quantitative estimate of drug-likeness (QED) is 0.681.